The molecule has 3 aromatic carbocycles. The number of para-hydroxylation sites is 1. The number of hydrogen-bond donors (Lipinski definition) is 1. The van der Waals surface area contributed by atoms with Crippen LogP contribution in [0.3, 0.4) is 0 Å². The molecule has 8 nitrogen and oxygen atoms in total. The Hall–Kier alpha value is -4.46. The number of aromatic nitrogens is 4. The molecule has 0 saturated heterocycles. The van der Waals surface area contributed by atoms with Gasteiger partial charge in [-0.3, -0.25) is 0 Å². The molecule has 34 heavy (non-hydrogen) atoms. The zero-order valence-corrected chi connectivity index (χ0v) is 19.0. The molecule has 0 aliphatic carbocycles. The molecule has 2 aromatic heterocycles. The van der Waals surface area contributed by atoms with Crippen molar-refractivity contribution in [1.29, 1.82) is 0 Å². The van der Waals surface area contributed by atoms with Gasteiger partial charge in [0.1, 0.15) is 12.1 Å². The van der Waals surface area contributed by atoms with Crippen LogP contribution in [-0.2, 0) is 13.7 Å². The minimum absolute atomic E-state index is 0.322. The van der Waals surface area contributed by atoms with E-state index in [0.29, 0.717) is 30.7 Å². The van der Waals surface area contributed by atoms with Crippen molar-refractivity contribution >= 4 is 34.2 Å². The van der Waals surface area contributed by atoms with Gasteiger partial charge in [-0.25, -0.2) is 5.43 Å². The van der Waals surface area contributed by atoms with Crippen molar-refractivity contribution in [2.24, 2.45) is 12.1 Å². The molecular weight excluding hydrogens is 428 g/mol. The van der Waals surface area contributed by atoms with Gasteiger partial charge >= 0.3 is 0 Å². The molecule has 0 radical (unpaired) electrons. The van der Waals surface area contributed by atoms with Crippen molar-refractivity contribution in [2.45, 2.75) is 13.5 Å². The van der Waals surface area contributed by atoms with E-state index in [2.05, 4.69) is 25.7 Å². The molecule has 1 N–H and O–H groups in total. The Labute approximate surface area is 196 Å². The number of ether oxygens (including phenoxy) is 2. The van der Waals surface area contributed by atoms with Gasteiger partial charge in [-0.15, -0.1) is 10.2 Å². The van der Waals surface area contributed by atoms with Gasteiger partial charge < -0.3 is 14.0 Å². The topological polar surface area (TPSA) is 86.5 Å². The highest BCUT2D eigenvalue weighted by atomic mass is 16.5. The lowest BCUT2D eigenvalue weighted by Gasteiger charge is -2.12. The third kappa shape index (κ3) is 4.38. The highest BCUT2D eigenvalue weighted by molar-refractivity contribution is 6.04. The van der Waals surface area contributed by atoms with E-state index >= 15 is 0 Å². The monoisotopic (exact) mass is 452 g/mol. The number of hydrogen-bond acceptors (Lipinski definition) is 7. The summed E-state index contributed by atoms with van der Waals surface area (Å²) in [6, 6.07) is 23.7. The predicted octanol–water partition coefficient (Wildman–Crippen LogP) is 4.94. The first kappa shape index (κ1) is 21.4. The van der Waals surface area contributed by atoms with Crippen LogP contribution in [0, 0.1) is 0 Å². The summed E-state index contributed by atoms with van der Waals surface area (Å²) in [5, 5.41) is 13.8. The van der Waals surface area contributed by atoms with E-state index in [4.69, 9.17) is 9.47 Å². The van der Waals surface area contributed by atoms with Gasteiger partial charge in [0.2, 0.25) is 0 Å². The first-order chi connectivity index (χ1) is 16.7. The maximum absolute atomic E-state index is 5.97. The second kappa shape index (κ2) is 9.58. The van der Waals surface area contributed by atoms with Crippen LogP contribution in [0.4, 0.5) is 5.95 Å². The Morgan fingerprint density at radius 3 is 2.62 bits per heavy atom. The van der Waals surface area contributed by atoms with Crippen LogP contribution in [-0.4, -0.2) is 32.6 Å². The average Bonchev–Trinajstić information content (AvgIpc) is 3.16. The molecule has 0 unspecified atom stereocenters. The minimum Gasteiger partial charge on any atom is -0.490 e. The van der Waals surface area contributed by atoms with Gasteiger partial charge in [-0.05, 0) is 42.3 Å². The van der Waals surface area contributed by atoms with Crippen molar-refractivity contribution < 1.29 is 9.47 Å². The number of rotatable bonds is 8. The van der Waals surface area contributed by atoms with Gasteiger partial charge in [0.15, 0.2) is 17.1 Å². The fourth-order valence-corrected chi connectivity index (χ4v) is 3.75. The van der Waals surface area contributed by atoms with Crippen LogP contribution in [0.5, 0.6) is 11.5 Å². The molecule has 0 spiro atoms. The molecule has 0 saturated carbocycles. The Bertz CT molecular complexity index is 1460. The fraction of sp³-hybridized carbons (Fsp3) is 0.154. The van der Waals surface area contributed by atoms with E-state index in [1.54, 1.807) is 6.21 Å². The van der Waals surface area contributed by atoms with Gasteiger partial charge in [-0.1, -0.05) is 48.5 Å². The number of benzene rings is 3. The van der Waals surface area contributed by atoms with Crippen LogP contribution in [0.1, 0.15) is 18.1 Å². The van der Waals surface area contributed by atoms with Gasteiger partial charge in [0, 0.05) is 12.4 Å². The number of anilines is 1. The van der Waals surface area contributed by atoms with E-state index in [1.165, 1.54) is 0 Å². The van der Waals surface area contributed by atoms with E-state index in [0.717, 1.165) is 33.2 Å². The molecule has 0 atom stereocenters. The third-order valence-electron chi connectivity index (χ3n) is 5.39. The maximum atomic E-state index is 5.97. The first-order valence-corrected chi connectivity index (χ1v) is 11.0. The molecule has 170 valence electrons. The SMILES string of the molecule is CCOc1cc(/C=N/Nc2nnc3c4ccccc4n(C)c3n2)ccc1OCc1ccccc1. The number of hydrazone groups is 1. The average molecular weight is 453 g/mol. The van der Waals surface area contributed by atoms with Crippen LogP contribution < -0.4 is 14.9 Å². The molecule has 5 aromatic rings. The molecule has 0 amide bonds. The molecule has 0 aliphatic heterocycles. The van der Waals surface area contributed by atoms with Gasteiger partial charge in [0.05, 0.1) is 18.3 Å². The lowest BCUT2D eigenvalue weighted by Crippen LogP contribution is -2.02. The second-order valence-corrected chi connectivity index (χ2v) is 7.67. The van der Waals surface area contributed by atoms with E-state index in [-0.39, 0.29) is 0 Å². The van der Waals surface area contributed by atoms with Crippen LogP contribution in [0.15, 0.2) is 77.9 Å². The highest BCUT2D eigenvalue weighted by Gasteiger charge is 2.12. The highest BCUT2D eigenvalue weighted by Crippen LogP contribution is 2.29. The third-order valence-corrected chi connectivity index (χ3v) is 5.39. The molecule has 0 bridgehead atoms. The summed E-state index contributed by atoms with van der Waals surface area (Å²) >= 11 is 0. The lowest BCUT2D eigenvalue weighted by molar-refractivity contribution is 0.269. The smallest absolute Gasteiger partial charge is 0.265 e. The number of nitrogens with zero attached hydrogens (tertiary/aromatic N) is 5. The number of aryl methyl sites for hydroxylation is 1. The minimum atomic E-state index is 0.322. The Morgan fingerprint density at radius 1 is 0.941 bits per heavy atom. The molecular formula is C26H24N6O2. The quantitative estimate of drug-likeness (QED) is 0.265. The van der Waals surface area contributed by atoms with E-state index < -0.39 is 0 Å². The lowest BCUT2D eigenvalue weighted by atomic mass is 10.2. The molecule has 0 fully saturated rings. The van der Waals surface area contributed by atoms with Crippen LogP contribution in [0.2, 0.25) is 0 Å². The van der Waals surface area contributed by atoms with E-state index in [9.17, 15) is 0 Å². The molecule has 8 heteroatoms. The van der Waals surface area contributed by atoms with Crippen molar-refractivity contribution in [1.82, 2.24) is 19.7 Å². The van der Waals surface area contributed by atoms with E-state index in [1.807, 2.05) is 91.3 Å². The Kier molecular flexibility index (Phi) is 6.03. The predicted molar refractivity (Wildman–Crippen MR) is 133 cm³/mol. The maximum Gasteiger partial charge on any atom is 0.265 e. The molecule has 0 aliphatic rings. The van der Waals surface area contributed by atoms with Crippen molar-refractivity contribution in [3.63, 3.8) is 0 Å². The first-order valence-electron chi connectivity index (χ1n) is 11.0. The summed E-state index contributed by atoms with van der Waals surface area (Å²) in [6.07, 6.45) is 1.68. The molecule has 5 rings (SSSR count). The summed E-state index contributed by atoms with van der Waals surface area (Å²) in [4.78, 5) is 4.58. The number of nitrogens with one attached hydrogen (secondary N) is 1. The van der Waals surface area contributed by atoms with Gasteiger partial charge in [0.25, 0.3) is 5.95 Å². The fourth-order valence-electron chi connectivity index (χ4n) is 3.75. The summed E-state index contributed by atoms with van der Waals surface area (Å²) < 4.78 is 13.7. The standard InChI is InChI=1S/C26H24N6O2/c1-3-33-23-15-19(13-14-22(23)34-17-18-9-5-4-6-10-18)16-27-30-26-28-25-24(29-31-26)20-11-7-8-12-21(20)32(25)2/h4-16H,3,17H2,1-2H3,(H,28,30,31)/b27-16+. The van der Waals surface area contributed by atoms with Gasteiger partial charge in [-0.2, -0.15) is 10.1 Å². The molecule has 2 heterocycles. The van der Waals surface area contributed by atoms with Crippen molar-refractivity contribution in [3.8, 4) is 11.5 Å². The van der Waals surface area contributed by atoms with Crippen LogP contribution in [0.25, 0.3) is 22.1 Å². The normalized spacial score (nSPS) is 11.4. The summed E-state index contributed by atoms with van der Waals surface area (Å²) in [5.41, 5.74) is 7.37. The largest absolute Gasteiger partial charge is 0.490 e. The van der Waals surface area contributed by atoms with Crippen LogP contribution >= 0.6 is 0 Å². The zero-order chi connectivity index (χ0) is 23.3. The Balaban J connectivity index is 1.31. The summed E-state index contributed by atoms with van der Waals surface area (Å²) in [5.74, 6) is 1.67. The Morgan fingerprint density at radius 2 is 1.76 bits per heavy atom. The summed E-state index contributed by atoms with van der Waals surface area (Å²) in [7, 11) is 1.96. The second-order valence-electron chi connectivity index (χ2n) is 7.67. The summed E-state index contributed by atoms with van der Waals surface area (Å²) in [6.45, 7) is 2.94. The zero-order valence-electron chi connectivity index (χ0n) is 19.0. The van der Waals surface area contributed by atoms with Crippen molar-refractivity contribution in [3.05, 3.63) is 83.9 Å². The number of fused-ring (bicyclic) bond motifs is 3. The van der Waals surface area contributed by atoms with Crippen molar-refractivity contribution in [2.75, 3.05) is 12.0 Å².